The summed E-state index contributed by atoms with van der Waals surface area (Å²) >= 11 is 0. The minimum atomic E-state index is -0.356. The number of carbonyl (C=O) groups excluding carboxylic acids is 2. The lowest BCUT2D eigenvalue weighted by Gasteiger charge is -2.06. The van der Waals surface area contributed by atoms with Crippen molar-refractivity contribution >= 4 is 22.7 Å². The monoisotopic (exact) mass is 379 g/mol. The van der Waals surface area contributed by atoms with Crippen molar-refractivity contribution in [3.05, 3.63) is 60.3 Å². The Kier molecular flexibility index (Phi) is 4.87. The van der Waals surface area contributed by atoms with Crippen molar-refractivity contribution in [3.63, 3.8) is 0 Å². The Hall–Kier alpha value is -3.88. The second-order valence-electron chi connectivity index (χ2n) is 6.12. The van der Waals surface area contributed by atoms with Crippen molar-refractivity contribution in [1.29, 1.82) is 0 Å². The summed E-state index contributed by atoms with van der Waals surface area (Å²) in [6.45, 7) is 0. The first-order chi connectivity index (χ1) is 13.7. The van der Waals surface area contributed by atoms with Crippen LogP contribution in [0.4, 0.5) is 0 Å². The van der Waals surface area contributed by atoms with Crippen molar-refractivity contribution in [1.82, 2.24) is 26.0 Å². The zero-order chi connectivity index (χ0) is 19.3. The Morgan fingerprint density at radius 2 is 1.93 bits per heavy atom. The number of benzene rings is 1. The van der Waals surface area contributed by atoms with Gasteiger partial charge in [0, 0.05) is 29.9 Å². The summed E-state index contributed by atoms with van der Waals surface area (Å²) in [5.74, 6) is 0.462. The number of nitrogens with one attached hydrogen (secondary N) is 3. The van der Waals surface area contributed by atoms with E-state index >= 15 is 0 Å². The van der Waals surface area contributed by atoms with Crippen molar-refractivity contribution < 1.29 is 18.5 Å². The van der Waals surface area contributed by atoms with E-state index in [1.165, 1.54) is 6.26 Å². The van der Waals surface area contributed by atoms with Gasteiger partial charge in [0.15, 0.2) is 5.76 Å². The molecule has 9 nitrogen and oxygen atoms in total. The summed E-state index contributed by atoms with van der Waals surface area (Å²) in [6, 6.07) is 11.1. The molecule has 0 fully saturated rings. The maximum Gasteiger partial charge on any atom is 0.242 e. The van der Waals surface area contributed by atoms with Crippen molar-refractivity contribution in [2.24, 2.45) is 0 Å². The van der Waals surface area contributed by atoms with Gasteiger partial charge in [-0.05, 0) is 23.8 Å². The maximum absolute atomic E-state index is 12.1. The van der Waals surface area contributed by atoms with E-state index in [0.717, 1.165) is 16.5 Å². The predicted molar refractivity (Wildman–Crippen MR) is 98.6 cm³/mol. The maximum atomic E-state index is 12.1. The van der Waals surface area contributed by atoms with Gasteiger partial charge in [0.05, 0.1) is 12.7 Å². The van der Waals surface area contributed by atoms with Crippen molar-refractivity contribution in [3.8, 4) is 11.6 Å². The lowest BCUT2D eigenvalue weighted by Crippen LogP contribution is -2.42. The third-order valence-electron chi connectivity index (χ3n) is 4.14. The molecule has 28 heavy (non-hydrogen) atoms. The van der Waals surface area contributed by atoms with E-state index < -0.39 is 0 Å². The Bertz CT molecular complexity index is 1100. The molecule has 4 rings (SSSR count). The Morgan fingerprint density at radius 1 is 1.07 bits per heavy atom. The van der Waals surface area contributed by atoms with Crippen LogP contribution in [0.25, 0.3) is 22.5 Å². The van der Waals surface area contributed by atoms with Crippen LogP contribution in [0.3, 0.4) is 0 Å². The van der Waals surface area contributed by atoms with Crippen molar-refractivity contribution in [2.45, 2.75) is 19.3 Å². The highest BCUT2D eigenvalue weighted by Crippen LogP contribution is 2.18. The van der Waals surface area contributed by atoms with E-state index in [-0.39, 0.29) is 31.1 Å². The Labute approximate surface area is 159 Å². The van der Waals surface area contributed by atoms with Gasteiger partial charge < -0.3 is 13.9 Å². The van der Waals surface area contributed by atoms with E-state index in [0.29, 0.717) is 17.5 Å². The summed E-state index contributed by atoms with van der Waals surface area (Å²) < 4.78 is 10.3. The van der Waals surface area contributed by atoms with Gasteiger partial charge in [-0.1, -0.05) is 23.4 Å². The van der Waals surface area contributed by atoms with Gasteiger partial charge in [0.1, 0.15) is 0 Å². The number of furan rings is 1. The van der Waals surface area contributed by atoms with E-state index in [2.05, 4.69) is 26.0 Å². The second-order valence-corrected chi connectivity index (χ2v) is 6.12. The number of aromatic nitrogens is 3. The SMILES string of the molecule is O=C(CCc1nc(-c2ccco2)no1)NNC(=O)Cc1c[nH]c2ccccc12. The van der Waals surface area contributed by atoms with Crippen molar-refractivity contribution in [2.75, 3.05) is 0 Å². The highest BCUT2D eigenvalue weighted by atomic mass is 16.5. The van der Waals surface area contributed by atoms with Gasteiger partial charge >= 0.3 is 0 Å². The van der Waals surface area contributed by atoms with Crippen LogP contribution in [0.15, 0.2) is 57.8 Å². The number of para-hydroxylation sites is 1. The molecule has 0 unspecified atom stereocenters. The molecule has 0 aliphatic rings. The van der Waals surface area contributed by atoms with Crippen LogP contribution in [-0.2, 0) is 22.4 Å². The number of nitrogens with zero attached hydrogens (tertiary/aromatic N) is 2. The normalized spacial score (nSPS) is 10.9. The number of hydrogen-bond donors (Lipinski definition) is 3. The van der Waals surface area contributed by atoms with Gasteiger partial charge in [-0.15, -0.1) is 0 Å². The number of aryl methyl sites for hydroxylation is 1. The molecule has 2 amide bonds. The summed E-state index contributed by atoms with van der Waals surface area (Å²) in [6.07, 6.45) is 3.79. The predicted octanol–water partition coefficient (Wildman–Crippen LogP) is 2.13. The molecular weight excluding hydrogens is 362 g/mol. The van der Waals surface area contributed by atoms with Crippen LogP contribution in [0.1, 0.15) is 17.9 Å². The number of carbonyl (C=O) groups is 2. The van der Waals surface area contributed by atoms with E-state index in [1.807, 2.05) is 24.3 Å². The van der Waals surface area contributed by atoms with Crippen LogP contribution in [0, 0.1) is 0 Å². The fourth-order valence-corrected chi connectivity index (χ4v) is 2.78. The zero-order valence-corrected chi connectivity index (χ0v) is 14.8. The summed E-state index contributed by atoms with van der Waals surface area (Å²) in [5.41, 5.74) is 6.63. The lowest BCUT2D eigenvalue weighted by atomic mass is 10.1. The third kappa shape index (κ3) is 3.93. The van der Waals surface area contributed by atoms with E-state index in [1.54, 1.807) is 18.3 Å². The average molecular weight is 379 g/mol. The van der Waals surface area contributed by atoms with Gasteiger partial charge in [0.2, 0.25) is 23.5 Å². The Morgan fingerprint density at radius 3 is 2.79 bits per heavy atom. The number of hydrogen-bond acceptors (Lipinski definition) is 6. The topological polar surface area (TPSA) is 126 Å². The molecule has 0 aliphatic carbocycles. The molecule has 3 aromatic heterocycles. The molecular formula is C19H17N5O4. The molecule has 0 spiro atoms. The number of hydrazine groups is 1. The molecule has 3 N–H and O–H groups in total. The van der Waals surface area contributed by atoms with Crippen LogP contribution >= 0.6 is 0 Å². The van der Waals surface area contributed by atoms with E-state index in [9.17, 15) is 9.59 Å². The number of fused-ring (bicyclic) bond motifs is 1. The molecule has 0 radical (unpaired) electrons. The summed E-state index contributed by atoms with van der Waals surface area (Å²) in [7, 11) is 0. The highest BCUT2D eigenvalue weighted by molar-refractivity contribution is 5.89. The minimum Gasteiger partial charge on any atom is -0.461 e. The van der Waals surface area contributed by atoms with Gasteiger partial charge in [-0.3, -0.25) is 20.4 Å². The summed E-state index contributed by atoms with van der Waals surface area (Å²) in [4.78, 5) is 31.3. The fraction of sp³-hybridized carbons (Fsp3) is 0.158. The first-order valence-electron chi connectivity index (χ1n) is 8.68. The highest BCUT2D eigenvalue weighted by Gasteiger charge is 2.13. The van der Waals surface area contributed by atoms with Gasteiger partial charge in [0.25, 0.3) is 0 Å². The Balaban J connectivity index is 1.24. The second kappa shape index (κ2) is 7.78. The van der Waals surface area contributed by atoms with Crippen LogP contribution in [-0.4, -0.2) is 26.9 Å². The standard InChI is InChI=1S/C19H17N5O4/c25-16(7-8-18-21-19(24-28-18)15-6-3-9-27-15)22-23-17(26)10-12-11-20-14-5-2-1-4-13(12)14/h1-6,9,11,20H,7-8,10H2,(H,22,25)(H,23,26). The molecule has 3 heterocycles. The smallest absolute Gasteiger partial charge is 0.242 e. The average Bonchev–Trinajstić information content (AvgIpc) is 3.45. The number of amides is 2. The first-order valence-corrected chi connectivity index (χ1v) is 8.68. The third-order valence-corrected chi connectivity index (χ3v) is 4.14. The lowest BCUT2D eigenvalue weighted by molar-refractivity contribution is -0.128. The minimum absolute atomic E-state index is 0.0904. The van der Waals surface area contributed by atoms with Crippen LogP contribution < -0.4 is 10.9 Å². The fourth-order valence-electron chi connectivity index (χ4n) is 2.78. The number of aromatic amines is 1. The van der Waals surface area contributed by atoms with Crippen LogP contribution in [0.2, 0.25) is 0 Å². The van der Waals surface area contributed by atoms with Crippen LogP contribution in [0.5, 0.6) is 0 Å². The first kappa shape index (κ1) is 17.5. The largest absolute Gasteiger partial charge is 0.461 e. The molecule has 0 saturated carbocycles. The molecule has 142 valence electrons. The van der Waals surface area contributed by atoms with Gasteiger partial charge in [-0.2, -0.15) is 4.98 Å². The molecule has 0 saturated heterocycles. The molecule has 0 aliphatic heterocycles. The number of rotatable bonds is 6. The van der Waals surface area contributed by atoms with Gasteiger partial charge in [-0.25, -0.2) is 0 Å². The molecule has 4 aromatic rings. The molecule has 9 heteroatoms. The summed E-state index contributed by atoms with van der Waals surface area (Å²) in [5, 5.41) is 4.77. The zero-order valence-electron chi connectivity index (χ0n) is 14.8. The van der Waals surface area contributed by atoms with E-state index in [4.69, 9.17) is 8.94 Å². The molecule has 0 bridgehead atoms. The number of H-pyrrole nitrogens is 1. The molecule has 0 atom stereocenters. The molecule has 1 aromatic carbocycles. The quantitative estimate of drug-likeness (QED) is 0.441.